The summed E-state index contributed by atoms with van der Waals surface area (Å²) in [7, 11) is 1.94. The van der Waals surface area contributed by atoms with Crippen LogP contribution in [0.25, 0.3) is 11.1 Å². The summed E-state index contributed by atoms with van der Waals surface area (Å²) in [6.07, 6.45) is 8.06. The average Bonchev–Trinajstić information content (AvgIpc) is 2.75. The number of aliphatic imine (C=N–C) groups is 1. The fourth-order valence-electron chi connectivity index (χ4n) is 2.04. The van der Waals surface area contributed by atoms with Crippen molar-refractivity contribution in [3.05, 3.63) is 36.2 Å². The van der Waals surface area contributed by atoms with Gasteiger partial charge < -0.3 is 0 Å². The fraction of sp³-hybridized carbons (Fsp3) is 0.231. The molecule has 1 aromatic carbocycles. The van der Waals surface area contributed by atoms with Crippen LogP contribution >= 0.6 is 0 Å². The van der Waals surface area contributed by atoms with E-state index in [0.29, 0.717) is 0 Å². The Balaban J connectivity index is 2.06. The zero-order valence-corrected chi connectivity index (χ0v) is 9.22. The van der Waals surface area contributed by atoms with Gasteiger partial charge in [-0.3, -0.25) is 9.67 Å². The maximum Gasteiger partial charge on any atom is 0.0658 e. The predicted molar refractivity (Wildman–Crippen MR) is 65.1 cm³/mol. The summed E-state index contributed by atoms with van der Waals surface area (Å²) in [5.74, 6) is 0. The zero-order chi connectivity index (χ0) is 11.0. The van der Waals surface area contributed by atoms with Crippen molar-refractivity contribution in [1.29, 1.82) is 0 Å². The minimum atomic E-state index is 1.05. The molecule has 0 bridgehead atoms. The van der Waals surface area contributed by atoms with Gasteiger partial charge >= 0.3 is 0 Å². The Labute approximate surface area is 94.4 Å². The van der Waals surface area contributed by atoms with Crippen molar-refractivity contribution in [3.8, 4) is 11.1 Å². The molecule has 1 aliphatic rings. The molecule has 3 rings (SSSR count). The van der Waals surface area contributed by atoms with Crippen molar-refractivity contribution in [2.75, 3.05) is 0 Å². The van der Waals surface area contributed by atoms with Crippen molar-refractivity contribution in [2.45, 2.75) is 12.8 Å². The van der Waals surface area contributed by atoms with E-state index in [1.165, 1.54) is 16.7 Å². The van der Waals surface area contributed by atoms with Gasteiger partial charge in [0.1, 0.15) is 0 Å². The van der Waals surface area contributed by atoms with E-state index >= 15 is 0 Å². The highest BCUT2D eigenvalue weighted by atomic mass is 15.2. The molecule has 3 nitrogen and oxygen atoms in total. The largest absolute Gasteiger partial charge is 0.275 e. The van der Waals surface area contributed by atoms with Crippen molar-refractivity contribution in [2.24, 2.45) is 12.0 Å². The smallest absolute Gasteiger partial charge is 0.0658 e. The van der Waals surface area contributed by atoms with E-state index in [-0.39, 0.29) is 0 Å². The Morgan fingerprint density at radius 1 is 1.25 bits per heavy atom. The molecule has 0 amide bonds. The number of rotatable bonds is 1. The standard InChI is InChI=1S/C13H13N3/c1-16-9-12(8-15-16)10-4-5-13-11(7-10)3-2-6-14-13/h4-9H,2-3H2,1H3. The first-order chi connectivity index (χ1) is 7.83. The van der Waals surface area contributed by atoms with Gasteiger partial charge in [0.15, 0.2) is 0 Å². The van der Waals surface area contributed by atoms with Crippen LogP contribution in [0.15, 0.2) is 35.6 Å². The van der Waals surface area contributed by atoms with Crippen molar-refractivity contribution < 1.29 is 0 Å². The van der Waals surface area contributed by atoms with Crippen LogP contribution in [0.3, 0.4) is 0 Å². The van der Waals surface area contributed by atoms with Gasteiger partial charge in [0.25, 0.3) is 0 Å². The SMILES string of the molecule is Cn1cc(-c2ccc3c(c2)CCC=N3)cn1. The Kier molecular flexibility index (Phi) is 2.10. The molecular formula is C13H13N3. The first-order valence-electron chi connectivity index (χ1n) is 5.47. The van der Waals surface area contributed by atoms with Crippen LogP contribution in [0.4, 0.5) is 5.69 Å². The second-order valence-corrected chi connectivity index (χ2v) is 4.10. The lowest BCUT2D eigenvalue weighted by Gasteiger charge is -2.10. The number of fused-ring (bicyclic) bond motifs is 1. The molecular weight excluding hydrogens is 198 g/mol. The normalized spacial score (nSPS) is 13.8. The summed E-state index contributed by atoms with van der Waals surface area (Å²) < 4.78 is 1.83. The third kappa shape index (κ3) is 1.54. The van der Waals surface area contributed by atoms with Crippen molar-refractivity contribution in [3.63, 3.8) is 0 Å². The molecule has 0 spiro atoms. The second-order valence-electron chi connectivity index (χ2n) is 4.10. The molecule has 0 atom stereocenters. The van der Waals surface area contributed by atoms with Crippen LogP contribution in [0.1, 0.15) is 12.0 Å². The third-order valence-electron chi connectivity index (χ3n) is 2.89. The maximum atomic E-state index is 4.39. The lowest BCUT2D eigenvalue weighted by atomic mass is 10.00. The summed E-state index contributed by atoms with van der Waals surface area (Å²) >= 11 is 0. The molecule has 0 N–H and O–H groups in total. The van der Waals surface area contributed by atoms with Gasteiger partial charge in [0, 0.05) is 25.0 Å². The average molecular weight is 211 g/mol. The molecule has 2 aromatic rings. The van der Waals surface area contributed by atoms with Gasteiger partial charge in [-0.05, 0) is 36.1 Å². The van der Waals surface area contributed by atoms with Gasteiger partial charge in [0.2, 0.25) is 0 Å². The lowest BCUT2D eigenvalue weighted by molar-refractivity contribution is 0.768. The molecule has 0 radical (unpaired) electrons. The number of nitrogens with zero attached hydrogens (tertiary/aromatic N) is 3. The Hall–Kier alpha value is -1.90. The van der Waals surface area contributed by atoms with E-state index in [1.54, 1.807) is 0 Å². The first kappa shape index (κ1) is 9.33. The minimum absolute atomic E-state index is 1.05. The number of benzene rings is 1. The van der Waals surface area contributed by atoms with Crippen molar-refractivity contribution >= 4 is 11.9 Å². The van der Waals surface area contributed by atoms with E-state index in [4.69, 9.17) is 0 Å². The van der Waals surface area contributed by atoms with Gasteiger partial charge in [-0.2, -0.15) is 5.10 Å². The van der Waals surface area contributed by atoms with Crippen LogP contribution < -0.4 is 0 Å². The van der Waals surface area contributed by atoms with E-state index in [2.05, 4.69) is 28.3 Å². The minimum Gasteiger partial charge on any atom is -0.275 e. The molecule has 80 valence electrons. The molecule has 3 heteroatoms. The van der Waals surface area contributed by atoms with Crippen LogP contribution in [0.5, 0.6) is 0 Å². The fourth-order valence-corrected chi connectivity index (χ4v) is 2.04. The molecule has 0 aliphatic carbocycles. The number of aryl methyl sites for hydroxylation is 2. The molecule has 16 heavy (non-hydrogen) atoms. The number of aromatic nitrogens is 2. The van der Waals surface area contributed by atoms with Gasteiger partial charge in [-0.25, -0.2) is 0 Å². The molecule has 0 unspecified atom stereocenters. The van der Waals surface area contributed by atoms with Crippen LogP contribution in [0.2, 0.25) is 0 Å². The van der Waals surface area contributed by atoms with Gasteiger partial charge in [-0.15, -0.1) is 0 Å². The highest BCUT2D eigenvalue weighted by Gasteiger charge is 2.08. The summed E-state index contributed by atoms with van der Waals surface area (Å²) in [6, 6.07) is 6.43. The van der Waals surface area contributed by atoms with Crippen LogP contribution in [-0.2, 0) is 13.5 Å². The quantitative estimate of drug-likeness (QED) is 0.713. The highest BCUT2D eigenvalue weighted by molar-refractivity contribution is 5.73. The van der Waals surface area contributed by atoms with E-state index < -0.39 is 0 Å². The summed E-state index contributed by atoms with van der Waals surface area (Å²) in [6.45, 7) is 0. The monoisotopic (exact) mass is 211 g/mol. The molecule has 2 heterocycles. The lowest BCUT2D eigenvalue weighted by Crippen LogP contribution is -1.93. The van der Waals surface area contributed by atoms with Gasteiger partial charge in [-0.1, -0.05) is 6.07 Å². The summed E-state index contributed by atoms with van der Waals surface area (Å²) in [4.78, 5) is 4.39. The number of hydrogen-bond donors (Lipinski definition) is 0. The molecule has 0 saturated heterocycles. The molecule has 1 aliphatic heterocycles. The Morgan fingerprint density at radius 2 is 2.19 bits per heavy atom. The Bertz CT molecular complexity index is 552. The highest BCUT2D eigenvalue weighted by Crippen LogP contribution is 2.29. The van der Waals surface area contributed by atoms with Crippen molar-refractivity contribution in [1.82, 2.24) is 9.78 Å². The second kappa shape index (κ2) is 3.59. The zero-order valence-electron chi connectivity index (χ0n) is 9.22. The summed E-state index contributed by atoms with van der Waals surface area (Å²) in [5.41, 5.74) is 4.84. The van der Waals surface area contributed by atoms with Gasteiger partial charge in [0.05, 0.1) is 11.9 Å². The predicted octanol–water partition coefficient (Wildman–Crippen LogP) is 2.74. The van der Waals surface area contributed by atoms with E-state index in [9.17, 15) is 0 Å². The number of hydrogen-bond acceptors (Lipinski definition) is 2. The van der Waals surface area contributed by atoms with Crippen LogP contribution in [0, 0.1) is 0 Å². The van der Waals surface area contributed by atoms with E-state index in [1.807, 2.05) is 30.3 Å². The Morgan fingerprint density at radius 3 is 3.00 bits per heavy atom. The maximum absolute atomic E-state index is 4.39. The summed E-state index contributed by atoms with van der Waals surface area (Å²) in [5, 5.41) is 4.19. The molecule has 0 saturated carbocycles. The molecule has 0 fully saturated rings. The topological polar surface area (TPSA) is 30.2 Å². The van der Waals surface area contributed by atoms with Crippen LogP contribution in [-0.4, -0.2) is 16.0 Å². The first-order valence-corrected chi connectivity index (χ1v) is 5.47. The molecule has 1 aromatic heterocycles. The third-order valence-corrected chi connectivity index (χ3v) is 2.89. The van der Waals surface area contributed by atoms with E-state index in [0.717, 1.165) is 18.5 Å².